The zero-order chi connectivity index (χ0) is 21.2. The molecular formula is C18H24N6O4S. The lowest BCUT2D eigenvalue weighted by atomic mass is 10.2. The van der Waals surface area contributed by atoms with Crippen molar-refractivity contribution in [3.63, 3.8) is 0 Å². The third kappa shape index (κ3) is 6.22. The lowest BCUT2D eigenvalue weighted by Crippen LogP contribution is -2.29. The Kier molecular flexibility index (Phi) is 8.49. The average Bonchev–Trinajstić information content (AvgIpc) is 3.15. The Morgan fingerprint density at radius 2 is 1.93 bits per heavy atom. The van der Waals surface area contributed by atoms with Crippen molar-refractivity contribution >= 4 is 35.0 Å². The van der Waals surface area contributed by atoms with Gasteiger partial charge in [-0.2, -0.15) is 0 Å². The van der Waals surface area contributed by atoms with E-state index in [4.69, 9.17) is 0 Å². The van der Waals surface area contributed by atoms with E-state index in [2.05, 4.69) is 36.2 Å². The van der Waals surface area contributed by atoms with Gasteiger partial charge < -0.3 is 10.6 Å². The second-order valence-corrected chi connectivity index (χ2v) is 6.86. The third-order valence-electron chi connectivity index (χ3n) is 3.65. The quantitative estimate of drug-likeness (QED) is 0.363. The standard InChI is InChI=1S/C18H24N6O4S/c1-4-6-9-20-15(25)13-14(16(26)24-28-3)29-17(23-13)11-7-8-12(21-10-11)22-18(27)19-5-2/h7-8,10H,4-6,9H2,1-3H3,(H,20,25)(H,24,26)(H2,19,21,22,27). The smallest absolute Gasteiger partial charge is 0.320 e. The number of nitrogens with zero attached hydrogens (tertiary/aromatic N) is 2. The summed E-state index contributed by atoms with van der Waals surface area (Å²) in [4.78, 5) is 49.6. The number of hydrogen-bond donors (Lipinski definition) is 4. The summed E-state index contributed by atoms with van der Waals surface area (Å²) < 4.78 is 0. The van der Waals surface area contributed by atoms with E-state index in [0.29, 0.717) is 29.5 Å². The Morgan fingerprint density at radius 3 is 2.55 bits per heavy atom. The van der Waals surface area contributed by atoms with Crippen molar-refractivity contribution < 1.29 is 19.2 Å². The molecule has 0 spiro atoms. The second kappa shape index (κ2) is 11.1. The molecule has 156 valence electrons. The molecule has 0 aliphatic carbocycles. The summed E-state index contributed by atoms with van der Waals surface area (Å²) >= 11 is 1.05. The molecular weight excluding hydrogens is 396 g/mol. The minimum atomic E-state index is -0.556. The summed E-state index contributed by atoms with van der Waals surface area (Å²) in [6.45, 7) is 4.82. The van der Waals surface area contributed by atoms with Gasteiger partial charge in [-0.1, -0.05) is 13.3 Å². The number of anilines is 1. The van der Waals surface area contributed by atoms with Crippen molar-refractivity contribution in [2.24, 2.45) is 0 Å². The van der Waals surface area contributed by atoms with Crippen molar-refractivity contribution in [1.29, 1.82) is 0 Å². The van der Waals surface area contributed by atoms with Crippen LogP contribution >= 0.6 is 11.3 Å². The van der Waals surface area contributed by atoms with Crippen molar-refractivity contribution in [1.82, 2.24) is 26.1 Å². The number of thiazole rings is 1. The Morgan fingerprint density at radius 1 is 1.14 bits per heavy atom. The fourth-order valence-corrected chi connectivity index (χ4v) is 3.21. The summed E-state index contributed by atoms with van der Waals surface area (Å²) in [5.41, 5.74) is 2.85. The number of rotatable bonds is 9. The molecule has 29 heavy (non-hydrogen) atoms. The van der Waals surface area contributed by atoms with E-state index in [1.54, 1.807) is 12.1 Å². The third-order valence-corrected chi connectivity index (χ3v) is 4.75. The molecule has 2 aromatic heterocycles. The SMILES string of the molecule is CCCCNC(=O)c1nc(-c2ccc(NC(=O)NCC)nc2)sc1C(=O)NOC. The van der Waals surface area contributed by atoms with Crippen LogP contribution < -0.4 is 21.4 Å². The van der Waals surface area contributed by atoms with Gasteiger partial charge in [0.15, 0.2) is 5.69 Å². The number of carbonyl (C=O) groups excluding carboxylic acids is 3. The van der Waals surface area contributed by atoms with Crippen LogP contribution in [0.1, 0.15) is 46.8 Å². The second-order valence-electron chi connectivity index (χ2n) is 5.86. The van der Waals surface area contributed by atoms with E-state index >= 15 is 0 Å². The molecule has 0 atom stereocenters. The summed E-state index contributed by atoms with van der Waals surface area (Å²) in [5, 5.41) is 8.41. The molecule has 2 aromatic rings. The molecule has 0 bridgehead atoms. The van der Waals surface area contributed by atoms with Crippen LogP contribution in [0, 0.1) is 0 Å². The number of amides is 4. The predicted molar refractivity (Wildman–Crippen MR) is 110 cm³/mol. The Hall–Kier alpha value is -3.05. The molecule has 0 unspecified atom stereocenters. The molecule has 10 nitrogen and oxygen atoms in total. The van der Waals surface area contributed by atoms with Gasteiger partial charge in [-0.25, -0.2) is 20.2 Å². The number of urea groups is 1. The Labute approximate surface area is 172 Å². The normalized spacial score (nSPS) is 10.3. The molecule has 0 aliphatic heterocycles. The first-order chi connectivity index (χ1) is 14.0. The van der Waals surface area contributed by atoms with Crippen molar-refractivity contribution in [3.8, 4) is 10.6 Å². The zero-order valence-electron chi connectivity index (χ0n) is 16.5. The minimum Gasteiger partial charge on any atom is -0.351 e. The van der Waals surface area contributed by atoms with Crippen LogP contribution in [-0.2, 0) is 4.84 Å². The summed E-state index contributed by atoms with van der Waals surface area (Å²) in [7, 11) is 1.31. The topological polar surface area (TPSA) is 134 Å². The van der Waals surface area contributed by atoms with E-state index in [1.165, 1.54) is 13.3 Å². The van der Waals surface area contributed by atoms with E-state index in [1.807, 2.05) is 13.8 Å². The predicted octanol–water partition coefficient (Wildman–Crippen LogP) is 2.17. The molecule has 11 heteroatoms. The number of unbranched alkanes of at least 4 members (excludes halogenated alkanes) is 1. The van der Waals surface area contributed by atoms with Crippen LogP contribution in [0.25, 0.3) is 10.6 Å². The summed E-state index contributed by atoms with van der Waals surface area (Å²) in [6.07, 6.45) is 3.27. The highest BCUT2D eigenvalue weighted by Crippen LogP contribution is 2.28. The van der Waals surface area contributed by atoms with Crippen LogP contribution in [-0.4, -0.2) is 48.0 Å². The first kappa shape index (κ1) is 22.2. The Balaban J connectivity index is 2.25. The van der Waals surface area contributed by atoms with Crippen LogP contribution in [0.15, 0.2) is 18.3 Å². The van der Waals surface area contributed by atoms with Gasteiger partial charge >= 0.3 is 6.03 Å². The van der Waals surface area contributed by atoms with E-state index in [9.17, 15) is 14.4 Å². The van der Waals surface area contributed by atoms with E-state index < -0.39 is 11.8 Å². The molecule has 0 fully saturated rings. The number of carbonyl (C=O) groups is 3. The largest absolute Gasteiger partial charge is 0.351 e. The maximum atomic E-state index is 12.5. The van der Waals surface area contributed by atoms with E-state index in [-0.39, 0.29) is 16.6 Å². The average molecular weight is 420 g/mol. The molecule has 0 saturated carbocycles. The lowest BCUT2D eigenvalue weighted by Gasteiger charge is -2.05. The fourth-order valence-electron chi connectivity index (χ4n) is 2.27. The number of hydrogen-bond acceptors (Lipinski definition) is 7. The van der Waals surface area contributed by atoms with Gasteiger partial charge in [0.25, 0.3) is 11.8 Å². The number of hydroxylamine groups is 1. The molecule has 0 aromatic carbocycles. The van der Waals surface area contributed by atoms with Crippen molar-refractivity contribution in [3.05, 3.63) is 28.9 Å². The lowest BCUT2D eigenvalue weighted by molar-refractivity contribution is 0.0539. The number of nitrogens with one attached hydrogen (secondary N) is 4. The van der Waals surface area contributed by atoms with Crippen LogP contribution in [0.3, 0.4) is 0 Å². The molecule has 0 aliphatic rings. The maximum absolute atomic E-state index is 12.5. The molecule has 4 N–H and O–H groups in total. The molecule has 0 radical (unpaired) electrons. The van der Waals surface area contributed by atoms with E-state index in [0.717, 1.165) is 24.2 Å². The van der Waals surface area contributed by atoms with Gasteiger partial charge in [-0.15, -0.1) is 11.3 Å². The molecule has 4 amide bonds. The number of aromatic nitrogens is 2. The van der Waals surface area contributed by atoms with Gasteiger partial charge in [-0.05, 0) is 25.5 Å². The van der Waals surface area contributed by atoms with Crippen LogP contribution in [0.2, 0.25) is 0 Å². The van der Waals surface area contributed by atoms with Crippen molar-refractivity contribution in [2.45, 2.75) is 26.7 Å². The van der Waals surface area contributed by atoms with Gasteiger partial charge in [0.05, 0.1) is 7.11 Å². The summed E-state index contributed by atoms with van der Waals surface area (Å²) in [6, 6.07) is 2.96. The molecule has 2 heterocycles. The minimum absolute atomic E-state index is 0.0279. The zero-order valence-corrected chi connectivity index (χ0v) is 17.3. The molecule has 2 rings (SSSR count). The van der Waals surface area contributed by atoms with Gasteiger partial charge in [0.2, 0.25) is 0 Å². The first-order valence-electron chi connectivity index (χ1n) is 9.13. The van der Waals surface area contributed by atoms with Gasteiger partial charge in [-0.3, -0.25) is 19.7 Å². The highest BCUT2D eigenvalue weighted by molar-refractivity contribution is 7.17. The summed E-state index contributed by atoms with van der Waals surface area (Å²) in [5.74, 6) is -0.616. The highest BCUT2D eigenvalue weighted by Gasteiger charge is 2.24. The van der Waals surface area contributed by atoms with Crippen LogP contribution in [0.5, 0.6) is 0 Å². The number of pyridine rings is 1. The fraction of sp³-hybridized carbons (Fsp3) is 0.389. The van der Waals surface area contributed by atoms with Gasteiger partial charge in [0.1, 0.15) is 15.7 Å². The highest BCUT2D eigenvalue weighted by atomic mass is 32.1. The monoisotopic (exact) mass is 420 g/mol. The van der Waals surface area contributed by atoms with Gasteiger partial charge in [0, 0.05) is 24.8 Å². The Bertz CT molecular complexity index is 853. The van der Waals surface area contributed by atoms with Crippen molar-refractivity contribution in [2.75, 3.05) is 25.5 Å². The first-order valence-corrected chi connectivity index (χ1v) is 9.95. The maximum Gasteiger partial charge on any atom is 0.320 e. The van der Waals surface area contributed by atoms with Crippen LogP contribution in [0.4, 0.5) is 10.6 Å². The molecule has 0 saturated heterocycles.